The molecule has 12 heavy (non-hydrogen) atoms. The molecule has 0 aliphatic carbocycles. The first-order chi connectivity index (χ1) is 5.68. The Morgan fingerprint density at radius 3 is 2.33 bits per heavy atom. The summed E-state index contributed by atoms with van der Waals surface area (Å²) < 4.78 is 0. The summed E-state index contributed by atoms with van der Waals surface area (Å²) in [6.07, 6.45) is 1.75. The first-order valence-corrected chi connectivity index (χ1v) is 4.52. The van der Waals surface area contributed by atoms with Crippen molar-refractivity contribution in [3.8, 4) is 0 Å². The Labute approximate surface area is 82.8 Å². The molecule has 0 spiro atoms. The molecular weight excluding hydrogens is 191 g/mol. The Bertz CT molecular complexity index is 262. The summed E-state index contributed by atoms with van der Waals surface area (Å²) in [5.74, 6) is 0. The molecule has 0 fully saturated rings. The van der Waals surface area contributed by atoms with Crippen LogP contribution in [0.5, 0.6) is 0 Å². The lowest BCUT2D eigenvalue weighted by Crippen LogP contribution is -1.83. The summed E-state index contributed by atoms with van der Waals surface area (Å²) in [4.78, 5) is 0. The van der Waals surface area contributed by atoms with Gasteiger partial charge in [-0.1, -0.05) is 41.9 Å². The summed E-state index contributed by atoms with van der Waals surface area (Å²) in [7, 11) is 0. The van der Waals surface area contributed by atoms with Crippen molar-refractivity contribution >= 4 is 23.2 Å². The van der Waals surface area contributed by atoms with Gasteiger partial charge in [0, 0.05) is 10.1 Å². The van der Waals surface area contributed by atoms with Gasteiger partial charge in [-0.05, 0) is 30.5 Å². The van der Waals surface area contributed by atoms with E-state index in [9.17, 15) is 0 Å². The molecule has 0 saturated heterocycles. The SMILES string of the molecule is C=C(Cl)CCc1ccc(Cl)cc1. The molecule has 0 atom stereocenters. The van der Waals surface area contributed by atoms with Crippen LogP contribution in [0.25, 0.3) is 0 Å². The van der Waals surface area contributed by atoms with Crippen LogP contribution in [-0.2, 0) is 6.42 Å². The Morgan fingerprint density at radius 1 is 1.25 bits per heavy atom. The van der Waals surface area contributed by atoms with Crippen molar-refractivity contribution in [2.24, 2.45) is 0 Å². The Balaban J connectivity index is 2.53. The molecule has 2 heteroatoms. The first kappa shape index (κ1) is 9.63. The van der Waals surface area contributed by atoms with Gasteiger partial charge in [-0.3, -0.25) is 0 Å². The number of rotatable bonds is 3. The molecule has 1 rings (SSSR count). The lowest BCUT2D eigenvalue weighted by atomic mass is 10.1. The van der Waals surface area contributed by atoms with Crippen LogP contribution in [0, 0.1) is 0 Å². The third-order valence-corrected chi connectivity index (χ3v) is 2.04. The molecule has 0 saturated carbocycles. The van der Waals surface area contributed by atoms with E-state index in [0.717, 1.165) is 17.9 Å². The first-order valence-electron chi connectivity index (χ1n) is 3.76. The van der Waals surface area contributed by atoms with Crippen molar-refractivity contribution < 1.29 is 0 Å². The molecule has 0 nitrogen and oxygen atoms in total. The monoisotopic (exact) mass is 200 g/mol. The Morgan fingerprint density at radius 2 is 1.83 bits per heavy atom. The lowest BCUT2D eigenvalue weighted by molar-refractivity contribution is 0.989. The maximum atomic E-state index is 5.73. The zero-order valence-corrected chi connectivity index (χ0v) is 8.20. The van der Waals surface area contributed by atoms with Gasteiger partial charge < -0.3 is 0 Å². The van der Waals surface area contributed by atoms with E-state index in [1.165, 1.54) is 5.56 Å². The summed E-state index contributed by atoms with van der Waals surface area (Å²) in [6, 6.07) is 7.77. The quantitative estimate of drug-likeness (QED) is 0.692. The molecule has 0 aliphatic heterocycles. The van der Waals surface area contributed by atoms with E-state index in [4.69, 9.17) is 23.2 Å². The zero-order valence-electron chi connectivity index (χ0n) is 6.69. The van der Waals surface area contributed by atoms with Crippen LogP contribution >= 0.6 is 23.2 Å². The third-order valence-electron chi connectivity index (χ3n) is 1.60. The molecule has 0 aliphatic rings. The summed E-state index contributed by atoms with van der Waals surface area (Å²) in [6.45, 7) is 3.63. The van der Waals surface area contributed by atoms with Crippen molar-refractivity contribution in [2.45, 2.75) is 12.8 Å². The van der Waals surface area contributed by atoms with E-state index < -0.39 is 0 Å². The minimum Gasteiger partial charge on any atom is -0.0898 e. The van der Waals surface area contributed by atoms with Crippen LogP contribution in [0.2, 0.25) is 5.02 Å². The van der Waals surface area contributed by atoms with Crippen LogP contribution < -0.4 is 0 Å². The number of halogens is 2. The Kier molecular flexibility index (Phi) is 3.64. The molecule has 0 radical (unpaired) electrons. The van der Waals surface area contributed by atoms with E-state index >= 15 is 0 Å². The fourth-order valence-electron chi connectivity index (χ4n) is 0.931. The number of allylic oxidation sites excluding steroid dienone is 1. The number of aryl methyl sites for hydroxylation is 1. The van der Waals surface area contributed by atoms with E-state index in [1.807, 2.05) is 24.3 Å². The predicted molar refractivity (Wildman–Crippen MR) is 54.8 cm³/mol. The van der Waals surface area contributed by atoms with Gasteiger partial charge >= 0.3 is 0 Å². The lowest BCUT2D eigenvalue weighted by Gasteiger charge is -1.99. The summed E-state index contributed by atoms with van der Waals surface area (Å²) in [5.41, 5.74) is 1.24. The zero-order chi connectivity index (χ0) is 8.97. The van der Waals surface area contributed by atoms with Crippen LogP contribution in [0.1, 0.15) is 12.0 Å². The van der Waals surface area contributed by atoms with Gasteiger partial charge in [-0.15, -0.1) is 0 Å². The highest BCUT2D eigenvalue weighted by atomic mass is 35.5. The molecule has 0 amide bonds. The average molecular weight is 201 g/mol. The summed E-state index contributed by atoms with van der Waals surface area (Å²) in [5, 5.41) is 1.47. The molecule has 0 aromatic heterocycles. The second-order valence-electron chi connectivity index (χ2n) is 2.64. The largest absolute Gasteiger partial charge is 0.0898 e. The minimum atomic E-state index is 0.699. The number of hydrogen-bond donors (Lipinski definition) is 0. The van der Waals surface area contributed by atoms with E-state index in [2.05, 4.69) is 6.58 Å². The number of benzene rings is 1. The highest BCUT2D eigenvalue weighted by molar-refractivity contribution is 6.30. The highest BCUT2D eigenvalue weighted by Gasteiger charge is 1.93. The smallest absolute Gasteiger partial charge is 0.0406 e. The van der Waals surface area contributed by atoms with Crippen molar-refractivity contribution in [1.29, 1.82) is 0 Å². The van der Waals surface area contributed by atoms with Gasteiger partial charge in [-0.25, -0.2) is 0 Å². The van der Waals surface area contributed by atoms with Gasteiger partial charge in [0.15, 0.2) is 0 Å². The highest BCUT2D eigenvalue weighted by Crippen LogP contribution is 2.13. The van der Waals surface area contributed by atoms with Gasteiger partial charge in [-0.2, -0.15) is 0 Å². The van der Waals surface area contributed by atoms with Gasteiger partial charge in [0.1, 0.15) is 0 Å². The van der Waals surface area contributed by atoms with Crippen LogP contribution in [0.3, 0.4) is 0 Å². The predicted octanol–water partition coefficient (Wildman–Crippen LogP) is 4.03. The van der Waals surface area contributed by atoms with Crippen LogP contribution in [0.15, 0.2) is 35.9 Å². The molecule has 1 aromatic carbocycles. The van der Waals surface area contributed by atoms with Gasteiger partial charge in [0.2, 0.25) is 0 Å². The topological polar surface area (TPSA) is 0 Å². The number of hydrogen-bond acceptors (Lipinski definition) is 0. The van der Waals surface area contributed by atoms with E-state index in [0.29, 0.717) is 5.03 Å². The van der Waals surface area contributed by atoms with Crippen LogP contribution in [-0.4, -0.2) is 0 Å². The van der Waals surface area contributed by atoms with E-state index in [-0.39, 0.29) is 0 Å². The standard InChI is InChI=1S/C10H10Cl2/c1-8(11)2-3-9-4-6-10(12)7-5-9/h4-7H,1-3H2. The van der Waals surface area contributed by atoms with Crippen molar-refractivity contribution in [1.82, 2.24) is 0 Å². The van der Waals surface area contributed by atoms with Crippen LogP contribution in [0.4, 0.5) is 0 Å². The third kappa shape index (κ3) is 3.29. The molecule has 1 aromatic rings. The maximum Gasteiger partial charge on any atom is 0.0406 e. The molecule has 0 bridgehead atoms. The molecule has 0 unspecified atom stereocenters. The maximum absolute atomic E-state index is 5.73. The Hall–Kier alpha value is -0.460. The van der Waals surface area contributed by atoms with Crippen molar-refractivity contribution in [2.75, 3.05) is 0 Å². The second-order valence-corrected chi connectivity index (χ2v) is 3.61. The normalized spacial score (nSPS) is 9.83. The summed E-state index contributed by atoms with van der Waals surface area (Å²) >= 11 is 11.4. The fourth-order valence-corrected chi connectivity index (χ4v) is 1.15. The molecule has 0 N–H and O–H groups in total. The average Bonchev–Trinajstić information content (AvgIpc) is 2.03. The van der Waals surface area contributed by atoms with Crippen molar-refractivity contribution in [3.05, 3.63) is 46.5 Å². The molecule has 0 heterocycles. The second kappa shape index (κ2) is 4.54. The van der Waals surface area contributed by atoms with Crippen molar-refractivity contribution in [3.63, 3.8) is 0 Å². The molecular formula is C10H10Cl2. The van der Waals surface area contributed by atoms with Gasteiger partial charge in [0.25, 0.3) is 0 Å². The minimum absolute atomic E-state index is 0.699. The van der Waals surface area contributed by atoms with E-state index in [1.54, 1.807) is 0 Å². The fraction of sp³-hybridized carbons (Fsp3) is 0.200. The van der Waals surface area contributed by atoms with Gasteiger partial charge in [0.05, 0.1) is 0 Å². The molecule has 64 valence electrons.